The first-order valence-corrected chi connectivity index (χ1v) is 6.01. The Balaban J connectivity index is 2.43. The number of halogens is 1. The zero-order chi connectivity index (χ0) is 12.8. The third-order valence-corrected chi connectivity index (χ3v) is 2.42. The summed E-state index contributed by atoms with van der Waals surface area (Å²) < 4.78 is 5.73. The van der Waals surface area contributed by atoms with Gasteiger partial charge < -0.3 is 10.1 Å². The van der Waals surface area contributed by atoms with Crippen LogP contribution in [0.25, 0.3) is 0 Å². The van der Waals surface area contributed by atoms with Gasteiger partial charge in [0.15, 0.2) is 0 Å². The van der Waals surface area contributed by atoms with Gasteiger partial charge in [-0.1, -0.05) is 28.1 Å². The molecule has 0 fully saturated rings. The van der Waals surface area contributed by atoms with Crippen molar-refractivity contribution >= 4 is 27.8 Å². The number of rotatable bonds is 3. The molecule has 17 heavy (non-hydrogen) atoms. The Hall–Kier alpha value is -1.36. The Labute approximate surface area is 108 Å². The van der Waals surface area contributed by atoms with Gasteiger partial charge in [0.25, 0.3) is 0 Å². The van der Waals surface area contributed by atoms with Crippen molar-refractivity contribution in [3.05, 3.63) is 34.3 Å². The lowest BCUT2D eigenvalue weighted by Crippen LogP contribution is -2.33. The molecule has 0 bridgehead atoms. The third-order valence-electron chi connectivity index (χ3n) is 1.89. The highest BCUT2D eigenvalue weighted by atomic mass is 79.9. The largest absolute Gasteiger partial charge is 0.456 e. The summed E-state index contributed by atoms with van der Waals surface area (Å²) in [5.74, 6) is -1.57. The summed E-state index contributed by atoms with van der Waals surface area (Å²) >= 11 is 3.31. The van der Waals surface area contributed by atoms with Crippen molar-refractivity contribution in [1.29, 1.82) is 0 Å². The zero-order valence-electron chi connectivity index (χ0n) is 9.70. The average molecular weight is 300 g/mol. The second-order valence-electron chi connectivity index (χ2n) is 3.76. The molecular weight excluding hydrogens is 286 g/mol. The van der Waals surface area contributed by atoms with E-state index >= 15 is 0 Å². The quantitative estimate of drug-likeness (QED) is 0.686. The molecule has 0 saturated carbocycles. The summed E-state index contributed by atoms with van der Waals surface area (Å²) in [5.41, 5.74) is 0.916. The number of benzene rings is 1. The van der Waals surface area contributed by atoms with E-state index in [1.165, 1.54) is 0 Å². The van der Waals surface area contributed by atoms with E-state index in [0.717, 1.165) is 10.0 Å². The molecule has 0 aliphatic heterocycles. The molecular formula is C12H14BrNO3. The standard InChI is InChI=1S/C12H14BrNO3/c1-8(2)17-12(16)11(15)14-7-9-3-5-10(13)6-4-9/h3-6,8H,7H2,1-2H3,(H,14,15). The van der Waals surface area contributed by atoms with Crippen LogP contribution in [-0.4, -0.2) is 18.0 Å². The average Bonchev–Trinajstić information content (AvgIpc) is 2.27. The monoisotopic (exact) mass is 299 g/mol. The molecule has 0 aromatic heterocycles. The van der Waals surface area contributed by atoms with Crippen molar-refractivity contribution in [3.8, 4) is 0 Å². The first-order valence-electron chi connectivity index (χ1n) is 5.22. The van der Waals surface area contributed by atoms with Gasteiger partial charge in [0.05, 0.1) is 6.10 Å². The van der Waals surface area contributed by atoms with Crippen LogP contribution in [0.3, 0.4) is 0 Å². The smallest absolute Gasteiger partial charge is 0.397 e. The SMILES string of the molecule is CC(C)OC(=O)C(=O)NCc1ccc(Br)cc1. The molecule has 0 aliphatic rings. The highest BCUT2D eigenvalue weighted by molar-refractivity contribution is 9.10. The highest BCUT2D eigenvalue weighted by Crippen LogP contribution is 2.10. The van der Waals surface area contributed by atoms with Crippen molar-refractivity contribution in [2.45, 2.75) is 26.5 Å². The minimum atomic E-state index is -0.850. The van der Waals surface area contributed by atoms with Gasteiger partial charge in [-0.25, -0.2) is 4.79 Å². The summed E-state index contributed by atoms with van der Waals surface area (Å²) in [4.78, 5) is 22.5. The van der Waals surface area contributed by atoms with Crippen LogP contribution in [0.4, 0.5) is 0 Å². The molecule has 0 aliphatic carbocycles. The minimum absolute atomic E-state index is 0.291. The summed E-state index contributed by atoms with van der Waals surface area (Å²) in [6, 6.07) is 7.46. The van der Waals surface area contributed by atoms with E-state index < -0.39 is 11.9 Å². The second kappa shape index (κ2) is 6.39. The summed E-state index contributed by atoms with van der Waals surface area (Å²) in [6.07, 6.45) is -0.291. The van der Waals surface area contributed by atoms with Gasteiger partial charge in [-0.05, 0) is 31.5 Å². The first kappa shape index (κ1) is 13.7. The molecule has 1 N–H and O–H groups in total. The lowest BCUT2D eigenvalue weighted by Gasteiger charge is -2.08. The predicted molar refractivity (Wildman–Crippen MR) is 67.2 cm³/mol. The number of carbonyl (C=O) groups is 2. The van der Waals surface area contributed by atoms with Crippen LogP contribution in [0.1, 0.15) is 19.4 Å². The molecule has 92 valence electrons. The highest BCUT2D eigenvalue weighted by Gasteiger charge is 2.15. The number of ether oxygens (including phenoxy) is 1. The van der Waals surface area contributed by atoms with Gasteiger partial charge >= 0.3 is 11.9 Å². The van der Waals surface area contributed by atoms with Crippen LogP contribution in [-0.2, 0) is 20.9 Å². The molecule has 0 radical (unpaired) electrons. The fourth-order valence-electron chi connectivity index (χ4n) is 1.12. The third kappa shape index (κ3) is 4.99. The maximum atomic E-state index is 11.3. The summed E-state index contributed by atoms with van der Waals surface area (Å²) in [7, 11) is 0. The van der Waals surface area contributed by atoms with Crippen LogP contribution >= 0.6 is 15.9 Å². The van der Waals surface area contributed by atoms with Crippen LogP contribution in [0.5, 0.6) is 0 Å². The van der Waals surface area contributed by atoms with Gasteiger partial charge in [-0.15, -0.1) is 0 Å². The molecule has 1 aromatic rings. The van der Waals surface area contributed by atoms with Crippen LogP contribution in [0.15, 0.2) is 28.7 Å². The Morgan fingerprint density at radius 2 is 1.88 bits per heavy atom. The van der Waals surface area contributed by atoms with Gasteiger partial charge in [0.2, 0.25) is 0 Å². The van der Waals surface area contributed by atoms with Gasteiger partial charge in [-0.2, -0.15) is 0 Å². The van der Waals surface area contributed by atoms with Crippen LogP contribution < -0.4 is 5.32 Å². The molecule has 0 saturated heterocycles. The minimum Gasteiger partial charge on any atom is -0.456 e. The normalized spacial score (nSPS) is 10.1. The van der Waals surface area contributed by atoms with Crippen LogP contribution in [0, 0.1) is 0 Å². The molecule has 1 aromatic carbocycles. The van der Waals surface area contributed by atoms with E-state index in [4.69, 9.17) is 4.74 Å². The topological polar surface area (TPSA) is 55.4 Å². The van der Waals surface area contributed by atoms with Gasteiger partial charge in [0, 0.05) is 11.0 Å². The summed E-state index contributed by atoms with van der Waals surface area (Å²) in [5, 5.41) is 2.49. The number of carbonyl (C=O) groups excluding carboxylic acids is 2. The maximum Gasteiger partial charge on any atom is 0.397 e. The van der Waals surface area contributed by atoms with Crippen molar-refractivity contribution in [1.82, 2.24) is 5.32 Å². The van der Waals surface area contributed by atoms with Crippen LogP contribution in [0.2, 0.25) is 0 Å². The van der Waals surface area contributed by atoms with E-state index in [9.17, 15) is 9.59 Å². The number of esters is 1. The Bertz CT molecular complexity index is 401. The molecule has 4 nitrogen and oxygen atoms in total. The van der Waals surface area contributed by atoms with E-state index in [1.807, 2.05) is 24.3 Å². The van der Waals surface area contributed by atoms with Gasteiger partial charge in [-0.3, -0.25) is 4.79 Å². The number of amides is 1. The molecule has 5 heteroatoms. The Morgan fingerprint density at radius 3 is 2.41 bits per heavy atom. The molecule has 0 heterocycles. The molecule has 0 spiro atoms. The van der Waals surface area contributed by atoms with Crippen molar-refractivity contribution in [2.75, 3.05) is 0 Å². The number of hydrogen-bond acceptors (Lipinski definition) is 3. The molecule has 1 amide bonds. The van der Waals surface area contributed by atoms with E-state index in [2.05, 4.69) is 21.2 Å². The fourth-order valence-corrected chi connectivity index (χ4v) is 1.39. The molecule has 0 atom stereocenters. The zero-order valence-corrected chi connectivity index (χ0v) is 11.3. The van der Waals surface area contributed by atoms with E-state index in [0.29, 0.717) is 6.54 Å². The molecule has 0 unspecified atom stereocenters. The van der Waals surface area contributed by atoms with E-state index in [1.54, 1.807) is 13.8 Å². The predicted octanol–water partition coefficient (Wildman–Crippen LogP) is 2.02. The van der Waals surface area contributed by atoms with Gasteiger partial charge in [0.1, 0.15) is 0 Å². The lowest BCUT2D eigenvalue weighted by atomic mass is 10.2. The molecule has 1 rings (SSSR count). The van der Waals surface area contributed by atoms with Crippen molar-refractivity contribution < 1.29 is 14.3 Å². The second-order valence-corrected chi connectivity index (χ2v) is 4.68. The number of nitrogens with one attached hydrogen (secondary N) is 1. The fraction of sp³-hybridized carbons (Fsp3) is 0.333. The maximum absolute atomic E-state index is 11.3. The summed E-state index contributed by atoms with van der Waals surface area (Å²) in [6.45, 7) is 3.69. The lowest BCUT2D eigenvalue weighted by molar-refractivity contribution is -0.157. The van der Waals surface area contributed by atoms with E-state index in [-0.39, 0.29) is 6.10 Å². The van der Waals surface area contributed by atoms with Crippen molar-refractivity contribution in [2.24, 2.45) is 0 Å². The first-order chi connectivity index (χ1) is 7.99. The van der Waals surface area contributed by atoms with Crippen molar-refractivity contribution in [3.63, 3.8) is 0 Å². The Morgan fingerprint density at radius 1 is 1.29 bits per heavy atom. The Kier molecular flexibility index (Phi) is 5.15. The number of hydrogen-bond donors (Lipinski definition) is 1.